The summed E-state index contributed by atoms with van der Waals surface area (Å²) >= 11 is 0. The molecular formula is C15H17N3. The Morgan fingerprint density at radius 1 is 1.22 bits per heavy atom. The molecule has 0 aliphatic heterocycles. The minimum absolute atomic E-state index is 0.687. The van der Waals surface area contributed by atoms with Crippen molar-refractivity contribution >= 4 is 5.69 Å². The van der Waals surface area contributed by atoms with Gasteiger partial charge in [-0.25, -0.2) is 0 Å². The van der Waals surface area contributed by atoms with E-state index >= 15 is 0 Å². The van der Waals surface area contributed by atoms with E-state index in [0.717, 1.165) is 17.8 Å². The Morgan fingerprint density at radius 2 is 2.00 bits per heavy atom. The molecule has 92 valence electrons. The van der Waals surface area contributed by atoms with Crippen LogP contribution in [0.5, 0.6) is 0 Å². The van der Waals surface area contributed by atoms with Crippen LogP contribution in [0.1, 0.15) is 22.4 Å². The Bertz CT molecular complexity index is 603. The first-order valence-electron chi connectivity index (χ1n) is 5.96. The molecule has 0 radical (unpaired) electrons. The van der Waals surface area contributed by atoms with Gasteiger partial charge in [0.25, 0.3) is 0 Å². The summed E-state index contributed by atoms with van der Waals surface area (Å²) in [6, 6.07) is 10.4. The molecule has 1 N–H and O–H groups in total. The van der Waals surface area contributed by atoms with Crippen molar-refractivity contribution < 1.29 is 0 Å². The second-order valence-electron chi connectivity index (χ2n) is 4.61. The number of hydrogen-bond donors (Lipinski definition) is 1. The Kier molecular flexibility index (Phi) is 3.38. The monoisotopic (exact) mass is 239 g/mol. The van der Waals surface area contributed by atoms with E-state index in [9.17, 15) is 0 Å². The molecule has 0 bridgehead atoms. The van der Waals surface area contributed by atoms with Crippen LogP contribution in [0, 0.1) is 25.2 Å². The van der Waals surface area contributed by atoms with Gasteiger partial charge in [-0.2, -0.15) is 5.26 Å². The lowest BCUT2D eigenvalue weighted by atomic mass is 10.1. The van der Waals surface area contributed by atoms with Gasteiger partial charge in [-0.1, -0.05) is 6.07 Å². The quantitative estimate of drug-likeness (QED) is 0.894. The first-order valence-corrected chi connectivity index (χ1v) is 5.96. The highest BCUT2D eigenvalue weighted by atomic mass is 14.9. The third kappa shape index (κ3) is 2.54. The summed E-state index contributed by atoms with van der Waals surface area (Å²) in [5.74, 6) is 0. The Balaban J connectivity index is 2.07. The Hall–Kier alpha value is -2.21. The topological polar surface area (TPSA) is 40.8 Å². The third-order valence-corrected chi connectivity index (χ3v) is 3.18. The fourth-order valence-electron chi connectivity index (χ4n) is 1.90. The zero-order valence-corrected chi connectivity index (χ0v) is 11.0. The van der Waals surface area contributed by atoms with E-state index in [0.29, 0.717) is 5.69 Å². The number of nitrogens with one attached hydrogen (secondary N) is 1. The number of nitriles is 1. The van der Waals surface area contributed by atoms with E-state index < -0.39 is 0 Å². The summed E-state index contributed by atoms with van der Waals surface area (Å²) in [5, 5.41) is 12.3. The van der Waals surface area contributed by atoms with Crippen molar-refractivity contribution in [3.8, 4) is 6.07 Å². The van der Waals surface area contributed by atoms with Gasteiger partial charge in [-0.15, -0.1) is 0 Å². The largest absolute Gasteiger partial charge is 0.381 e. The molecule has 18 heavy (non-hydrogen) atoms. The zero-order chi connectivity index (χ0) is 13.1. The van der Waals surface area contributed by atoms with Crippen molar-refractivity contribution in [2.75, 3.05) is 5.32 Å². The molecule has 0 fully saturated rings. The summed E-state index contributed by atoms with van der Waals surface area (Å²) in [6.07, 6.45) is 1.98. The van der Waals surface area contributed by atoms with Crippen LogP contribution in [0.3, 0.4) is 0 Å². The molecule has 3 heteroatoms. The molecule has 0 aliphatic rings. The maximum absolute atomic E-state index is 8.89. The van der Waals surface area contributed by atoms with Gasteiger partial charge in [-0.3, -0.25) is 0 Å². The molecule has 1 heterocycles. The zero-order valence-electron chi connectivity index (χ0n) is 11.0. The first-order chi connectivity index (χ1) is 8.60. The fraction of sp³-hybridized carbons (Fsp3) is 0.267. The SMILES string of the molecule is Cc1ccc(NCc2cc(C#N)n(C)c2)cc1C. The van der Waals surface area contributed by atoms with Crippen molar-refractivity contribution in [3.05, 3.63) is 52.8 Å². The number of benzene rings is 1. The van der Waals surface area contributed by atoms with Crippen LogP contribution in [0.2, 0.25) is 0 Å². The third-order valence-electron chi connectivity index (χ3n) is 3.18. The highest BCUT2D eigenvalue weighted by Crippen LogP contribution is 2.15. The van der Waals surface area contributed by atoms with E-state index in [4.69, 9.17) is 5.26 Å². The highest BCUT2D eigenvalue weighted by Gasteiger charge is 2.02. The molecule has 0 unspecified atom stereocenters. The number of rotatable bonds is 3. The lowest BCUT2D eigenvalue weighted by molar-refractivity contribution is 0.902. The van der Waals surface area contributed by atoms with Gasteiger partial charge in [0.1, 0.15) is 11.8 Å². The van der Waals surface area contributed by atoms with Crippen LogP contribution >= 0.6 is 0 Å². The van der Waals surface area contributed by atoms with Crippen LogP contribution in [0.25, 0.3) is 0 Å². The molecule has 0 amide bonds. The normalized spacial score (nSPS) is 10.1. The Labute approximate surface area is 108 Å². The summed E-state index contributed by atoms with van der Waals surface area (Å²) in [6.45, 7) is 4.95. The van der Waals surface area contributed by atoms with Gasteiger partial charge in [0.05, 0.1) is 0 Å². The first kappa shape index (κ1) is 12.3. The van der Waals surface area contributed by atoms with E-state index in [1.807, 2.05) is 23.9 Å². The maximum atomic E-state index is 8.89. The van der Waals surface area contributed by atoms with Crippen LogP contribution in [0.4, 0.5) is 5.69 Å². The fourth-order valence-corrected chi connectivity index (χ4v) is 1.90. The molecule has 0 atom stereocenters. The lowest BCUT2D eigenvalue weighted by Gasteiger charge is -2.07. The number of hydrogen-bond acceptors (Lipinski definition) is 2. The highest BCUT2D eigenvalue weighted by molar-refractivity contribution is 5.48. The maximum Gasteiger partial charge on any atom is 0.120 e. The van der Waals surface area contributed by atoms with Gasteiger partial charge in [0, 0.05) is 25.5 Å². The Morgan fingerprint density at radius 3 is 2.61 bits per heavy atom. The van der Waals surface area contributed by atoms with Gasteiger partial charge in [0.2, 0.25) is 0 Å². The number of aryl methyl sites for hydroxylation is 3. The molecule has 0 saturated heterocycles. The minimum Gasteiger partial charge on any atom is -0.381 e. The van der Waals surface area contributed by atoms with E-state index in [1.165, 1.54) is 11.1 Å². The average molecular weight is 239 g/mol. The lowest BCUT2D eigenvalue weighted by Crippen LogP contribution is -1.99. The number of anilines is 1. The smallest absolute Gasteiger partial charge is 0.120 e. The minimum atomic E-state index is 0.687. The molecule has 0 saturated carbocycles. The van der Waals surface area contributed by atoms with E-state index in [1.54, 1.807) is 0 Å². The van der Waals surface area contributed by atoms with Gasteiger partial charge < -0.3 is 9.88 Å². The molecule has 1 aromatic carbocycles. The predicted molar refractivity (Wildman–Crippen MR) is 73.4 cm³/mol. The summed E-state index contributed by atoms with van der Waals surface area (Å²) in [4.78, 5) is 0. The second kappa shape index (κ2) is 4.97. The van der Waals surface area contributed by atoms with Gasteiger partial charge in [-0.05, 0) is 48.7 Å². The number of aromatic nitrogens is 1. The van der Waals surface area contributed by atoms with Crippen molar-refractivity contribution in [3.63, 3.8) is 0 Å². The summed E-state index contributed by atoms with van der Waals surface area (Å²) in [5.41, 5.74) is 5.50. The predicted octanol–water partition coefficient (Wildman–Crippen LogP) is 3.13. The van der Waals surface area contributed by atoms with E-state index in [-0.39, 0.29) is 0 Å². The molecular weight excluding hydrogens is 222 g/mol. The molecule has 0 spiro atoms. The van der Waals surface area contributed by atoms with Crippen molar-refractivity contribution in [1.82, 2.24) is 4.57 Å². The standard InChI is InChI=1S/C15H17N3/c1-11-4-5-14(6-12(11)2)17-9-13-7-15(8-16)18(3)10-13/h4-7,10,17H,9H2,1-3H3. The molecule has 3 nitrogen and oxygen atoms in total. The van der Waals surface area contributed by atoms with Crippen molar-refractivity contribution in [2.24, 2.45) is 7.05 Å². The van der Waals surface area contributed by atoms with Gasteiger partial charge in [0.15, 0.2) is 0 Å². The van der Waals surface area contributed by atoms with Crippen molar-refractivity contribution in [2.45, 2.75) is 20.4 Å². The van der Waals surface area contributed by atoms with E-state index in [2.05, 4.69) is 43.4 Å². The summed E-state index contributed by atoms with van der Waals surface area (Å²) < 4.78 is 1.84. The van der Waals surface area contributed by atoms with Crippen LogP contribution in [-0.4, -0.2) is 4.57 Å². The van der Waals surface area contributed by atoms with Crippen LogP contribution in [0.15, 0.2) is 30.5 Å². The van der Waals surface area contributed by atoms with Gasteiger partial charge >= 0.3 is 0 Å². The molecule has 1 aromatic heterocycles. The molecule has 2 aromatic rings. The molecule has 0 aliphatic carbocycles. The summed E-state index contributed by atoms with van der Waals surface area (Å²) in [7, 11) is 1.89. The second-order valence-corrected chi connectivity index (χ2v) is 4.61. The van der Waals surface area contributed by atoms with Crippen LogP contribution < -0.4 is 5.32 Å². The van der Waals surface area contributed by atoms with Crippen molar-refractivity contribution in [1.29, 1.82) is 5.26 Å². The van der Waals surface area contributed by atoms with Crippen LogP contribution in [-0.2, 0) is 13.6 Å². The number of nitrogens with zero attached hydrogens (tertiary/aromatic N) is 2. The average Bonchev–Trinajstić information content (AvgIpc) is 2.71. The molecule has 2 rings (SSSR count).